The molecule has 3 heteroatoms. The van der Waals surface area contributed by atoms with Crippen LogP contribution in [0.5, 0.6) is 0 Å². The predicted molar refractivity (Wildman–Crippen MR) is 47.1 cm³/mol. The van der Waals surface area contributed by atoms with Crippen LogP contribution in [0.4, 0.5) is 5.69 Å². The van der Waals surface area contributed by atoms with Gasteiger partial charge in [-0.25, -0.2) is 5.43 Å². The molecule has 11 heavy (non-hydrogen) atoms. The van der Waals surface area contributed by atoms with Crippen LogP contribution in [-0.2, 0) is 0 Å². The molecule has 0 amide bonds. The van der Waals surface area contributed by atoms with Crippen LogP contribution in [0, 0.1) is 0 Å². The first kappa shape index (κ1) is 8.04. The van der Waals surface area contributed by atoms with E-state index in [9.17, 15) is 0 Å². The minimum Gasteiger partial charge on any atom is -0.329 e. The molecular weight excluding hydrogens is 138 g/mol. The molecule has 0 aliphatic heterocycles. The molecule has 3 nitrogen and oxygen atoms in total. The van der Waals surface area contributed by atoms with Crippen molar-refractivity contribution in [1.82, 2.24) is 5.43 Å². The van der Waals surface area contributed by atoms with Crippen LogP contribution in [0.3, 0.4) is 0 Å². The monoisotopic (exact) mass is 151 g/mol. The molecule has 0 fully saturated rings. The maximum Gasteiger partial charge on any atom is 0.0487 e. The highest BCUT2D eigenvalue weighted by Gasteiger charge is 1.84. The number of hydrogen-bond donors (Lipinski definition) is 3. The Hall–Kier alpha value is -1.06. The van der Waals surface area contributed by atoms with Gasteiger partial charge in [-0.3, -0.25) is 0 Å². The highest BCUT2D eigenvalue weighted by Crippen LogP contribution is 2.01. The summed E-state index contributed by atoms with van der Waals surface area (Å²) in [6.45, 7) is 1.41. The van der Waals surface area contributed by atoms with Crippen LogP contribution in [0.1, 0.15) is 0 Å². The Balaban J connectivity index is 2.28. The van der Waals surface area contributed by atoms with Crippen LogP contribution >= 0.6 is 0 Å². The lowest BCUT2D eigenvalue weighted by Gasteiger charge is -2.05. The van der Waals surface area contributed by atoms with E-state index in [2.05, 4.69) is 10.9 Å². The number of rotatable bonds is 4. The van der Waals surface area contributed by atoms with Crippen LogP contribution in [0.25, 0.3) is 0 Å². The van der Waals surface area contributed by atoms with Gasteiger partial charge in [0.15, 0.2) is 0 Å². The third-order valence-corrected chi connectivity index (χ3v) is 1.28. The molecule has 0 radical (unpaired) electrons. The zero-order valence-electron chi connectivity index (χ0n) is 6.38. The van der Waals surface area contributed by atoms with Gasteiger partial charge in [-0.2, -0.15) is 0 Å². The molecule has 0 bridgehead atoms. The summed E-state index contributed by atoms with van der Waals surface area (Å²) in [4.78, 5) is 0. The van der Waals surface area contributed by atoms with Gasteiger partial charge in [0.2, 0.25) is 0 Å². The van der Waals surface area contributed by atoms with Gasteiger partial charge in [-0.1, -0.05) is 18.2 Å². The average molecular weight is 151 g/mol. The summed E-state index contributed by atoms with van der Waals surface area (Å²) in [6, 6.07) is 9.92. The van der Waals surface area contributed by atoms with Gasteiger partial charge in [0, 0.05) is 18.8 Å². The standard InChI is InChI=1S/C8H13N3/c9-6-7-10-11-8-4-2-1-3-5-8/h1-5,10-11H,6-7,9H2. The Morgan fingerprint density at radius 3 is 2.55 bits per heavy atom. The maximum atomic E-state index is 5.29. The van der Waals surface area contributed by atoms with E-state index < -0.39 is 0 Å². The predicted octanol–water partition coefficient (Wildman–Crippen LogP) is 0.562. The summed E-state index contributed by atoms with van der Waals surface area (Å²) >= 11 is 0. The van der Waals surface area contributed by atoms with Gasteiger partial charge in [-0.05, 0) is 12.1 Å². The zero-order valence-corrected chi connectivity index (χ0v) is 6.38. The fraction of sp³-hybridized carbons (Fsp3) is 0.250. The van der Waals surface area contributed by atoms with Crippen molar-refractivity contribution in [3.05, 3.63) is 30.3 Å². The van der Waals surface area contributed by atoms with Crippen molar-refractivity contribution in [3.8, 4) is 0 Å². The number of benzene rings is 1. The van der Waals surface area contributed by atoms with Gasteiger partial charge in [0.1, 0.15) is 0 Å². The summed E-state index contributed by atoms with van der Waals surface area (Å²) in [7, 11) is 0. The quantitative estimate of drug-likeness (QED) is 0.435. The minimum absolute atomic E-state index is 0.639. The Labute approximate surface area is 66.6 Å². The first-order valence-electron chi connectivity index (χ1n) is 3.67. The normalized spacial score (nSPS) is 9.55. The summed E-state index contributed by atoms with van der Waals surface area (Å²) in [6.07, 6.45) is 0. The number of nitrogens with two attached hydrogens (primary N) is 1. The molecular formula is C8H13N3. The summed E-state index contributed by atoms with van der Waals surface area (Å²) in [5.74, 6) is 0. The molecule has 1 rings (SSSR count). The second-order valence-electron chi connectivity index (χ2n) is 2.21. The number of nitrogens with one attached hydrogen (secondary N) is 2. The van der Waals surface area contributed by atoms with Gasteiger partial charge in [-0.15, -0.1) is 0 Å². The van der Waals surface area contributed by atoms with Crippen LogP contribution in [-0.4, -0.2) is 13.1 Å². The van der Waals surface area contributed by atoms with E-state index in [0.29, 0.717) is 6.54 Å². The van der Waals surface area contributed by atoms with E-state index in [0.717, 1.165) is 12.2 Å². The second-order valence-corrected chi connectivity index (χ2v) is 2.21. The van der Waals surface area contributed by atoms with Crippen LogP contribution in [0.15, 0.2) is 30.3 Å². The molecule has 0 saturated heterocycles. The fourth-order valence-corrected chi connectivity index (χ4v) is 0.758. The molecule has 0 heterocycles. The summed E-state index contributed by atoms with van der Waals surface area (Å²) in [5, 5.41) is 0. The van der Waals surface area contributed by atoms with Crippen molar-refractivity contribution in [2.45, 2.75) is 0 Å². The Kier molecular flexibility index (Phi) is 3.44. The number of anilines is 1. The average Bonchev–Trinajstić information content (AvgIpc) is 2.07. The van der Waals surface area contributed by atoms with E-state index in [4.69, 9.17) is 5.73 Å². The smallest absolute Gasteiger partial charge is 0.0487 e. The third-order valence-electron chi connectivity index (χ3n) is 1.28. The molecule has 4 N–H and O–H groups in total. The first-order valence-corrected chi connectivity index (χ1v) is 3.67. The van der Waals surface area contributed by atoms with Crippen LogP contribution in [0.2, 0.25) is 0 Å². The Bertz CT molecular complexity index is 186. The number of para-hydroxylation sites is 1. The third kappa shape index (κ3) is 3.02. The van der Waals surface area contributed by atoms with Crippen molar-refractivity contribution in [2.75, 3.05) is 18.5 Å². The van der Waals surface area contributed by atoms with E-state index in [1.807, 2.05) is 30.3 Å². The van der Waals surface area contributed by atoms with E-state index >= 15 is 0 Å². The lowest BCUT2D eigenvalue weighted by atomic mass is 10.3. The molecule has 0 aliphatic carbocycles. The topological polar surface area (TPSA) is 50.1 Å². The Morgan fingerprint density at radius 2 is 1.91 bits per heavy atom. The van der Waals surface area contributed by atoms with E-state index in [-0.39, 0.29) is 0 Å². The van der Waals surface area contributed by atoms with E-state index in [1.165, 1.54) is 0 Å². The van der Waals surface area contributed by atoms with Crippen molar-refractivity contribution in [1.29, 1.82) is 0 Å². The van der Waals surface area contributed by atoms with Gasteiger partial charge < -0.3 is 11.2 Å². The molecule has 60 valence electrons. The molecule has 0 spiro atoms. The highest BCUT2D eigenvalue weighted by atomic mass is 15.4. The molecule has 0 atom stereocenters. The van der Waals surface area contributed by atoms with Crippen molar-refractivity contribution in [3.63, 3.8) is 0 Å². The fourth-order valence-electron chi connectivity index (χ4n) is 0.758. The highest BCUT2D eigenvalue weighted by molar-refractivity contribution is 5.41. The van der Waals surface area contributed by atoms with Gasteiger partial charge >= 0.3 is 0 Å². The van der Waals surface area contributed by atoms with Crippen LogP contribution < -0.4 is 16.6 Å². The maximum absolute atomic E-state index is 5.29. The largest absolute Gasteiger partial charge is 0.329 e. The molecule has 1 aromatic rings. The van der Waals surface area contributed by atoms with Crippen molar-refractivity contribution < 1.29 is 0 Å². The molecule has 1 aromatic carbocycles. The van der Waals surface area contributed by atoms with E-state index in [1.54, 1.807) is 0 Å². The molecule has 0 aliphatic rings. The number of hydrogen-bond acceptors (Lipinski definition) is 3. The lowest BCUT2D eigenvalue weighted by molar-refractivity contribution is 0.789. The zero-order chi connectivity index (χ0) is 7.94. The van der Waals surface area contributed by atoms with Gasteiger partial charge in [0.25, 0.3) is 0 Å². The lowest BCUT2D eigenvalue weighted by Crippen LogP contribution is -2.27. The van der Waals surface area contributed by atoms with Gasteiger partial charge in [0.05, 0.1) is 0 Å². The first-order chi connectivity index (χ1) is 5.43. The molecule has 0 saturated carbocycles. The SMILES string of the molecule is NCCNNc1ccccc1. The minimum atomic E-state index is 0.639. The van der Waals surface area contributed by atoms with Crippen molar-refractivity contribution in [2.24, 2.45) is 5.73 Å². The number of hydrazine groups is 1. The molecule has 0 aromatic heterocycles. The Morgan fingerprint density at radius 1 is 1.18 bits per heavy atom. The molecule has 0 unspecified atom stereocenters. The summed E-state index contributed by atoms with van der Waals surface area (Å²) in [5.41, 5.74) is 12.3. The second kappa shape index (κ2) is 4.71. The summed E-state index contributed by atoms with van der Waals surface area (Å²) < 4.78 is 0. The van der Waals surface area contributed by atoms with Crippen molar-refractivity contribution >= 4 is 5.69 Å².